The van der Waals surface area contributed by atoms with E-state index in [9.17, 15) is 9.59 Å². The van der Waals surface area contributed by atoms with Crippen LogP contribution in [0.15, 0.2) is 90.5 Å². The zero-order valence-electron chi connectivity index (χ0n) is 18.8. The number of rotatable bonds is 4. The maximum Gasteiger partial charge on any atom is 0.255 e. The number of benzene rings is 2. The third-order valence-corrected chi connectivity index (χ3v) is 5.85. The van der Waals surface area contributed by atoms with Crippen LogP contribution in [0.1, 0.15) is 11.3 Å². The second-order valence-corrected chi connectivity index (χ2v) is 8.04. The summed E-state index contributed by atoms with van der Waals surface area (Å²) in [5.74, 6) is -0.328. The van der Waals surface area contributed by atoms with Crippen LogP contribution < -0.4 is 10.9 Å². The van der Waals surface area contributed by atoms with Crippen LogP contribution in [0.3, 0.4) is 0 Å². The number of nitrogens with zero attached hydrogens (tertiary/aromatic N) is 4. The van der Waals surface area contributed by atoms with Crippen LogP contribution in [-0.2, 0) is 4.79 Å². The molecule has 168 valence electrons. The number of aromatic nitrogens is 3. The molecule has 1 N–H and O–H groups in total. The summed E-state index contributed by atoms with van der Waals surface area (Å²) in [7, 11) is 0. The van der Waals surface area contributed by atoms with Gasteiger partial charge < -0.3 is 5.32 Å². The van der Waals surface area contributed by atoms with Gasteiger partial charge in [-0.25, -0.2) is 4.98 Å². The lowest BCUT2D eigenvalue weighted by Gasteiger charge is -2.15. The minimum Gasteiger partial charge on any atom is -0.322 e. The van der Waals surface area contributed by atoms with E-state index in [-0.39, 0.29) is 11.5 Å². The second-order valence-electron chi connectivity index (χ2n) is 8.04. The number of carbonyl (C=O) groups is 1. The molecular weight excluding hydrogens is 438 g/mol. The Labute approximate surface area is 200 Å². The lowest BCUT2D eigenvalue weighted by molar-refractivity contribution is -0.111. The number of nitriles is 1. The van der Waals surface area contributed by atoms with Crippen molar-refractivity contribution in [2.45, 2.75) is 6.92 Å². The number of hydrogen-bond acceptors (Lipinski definition) is 5. The molecule has 3 aromatic heterocycles. The molecule has 0 aliphatic heterocycles. The van der Waals surface area contributed by atoms with Crippen LogP contribution in [-0.4, -0.2) is 20.4 Å². The highest BCUT2D eigenvalue weighted by atomic mass is 16.1. The minimum absolute atomic E-state index is 0.208. The second kappa shape index (κ2) is 8.69. The SMILES string of the molecule is C=CC(=O)Nc1cc(-n2c(=O)ccc3cnc4ccc(-c5ccc(C#N)nc5)cc4c32)ccc1C. The van der Waals surface area contributed by atoms with Crippen molar-refractivity contribution in [1.82, 2.24) is 14.5 Å². The first-order valence-corrected chi connectivity index (χ1v) is 10.8. The van der Waals surface area contributed by atoms with E-state index >= 15 is 0 Å². The summed E-state index contributed by atoms with van der Waals surface area (Å²) >= 11 is 0. The van der Waals surface area contributed by atoms with E-state index in [1.165, 1.54) is 12.1 Å². The molecule has 0 saturated heterocycles. The topological polar surface area (TPSA) is 101 Å². The van der Waals surface area contributed by atoms with Gasteiger partial charge >= 0.3 is 0 Å². The molecule has 0 atom stereocenters. The number of anilines is 1. The van der Waals surface area contributed by atoms with Crippen molar-refractivity contribution in [2.24, 2.45) is 0 Å². The van der Waals surface area contributed by atoms with Crippen molar-refractivity contribution in [3.05, 3.63) is 107 Å². The summed E-state index contributed by atoms with van der Waals surface area (Å²) in [5, 5.41) is 13.4. The van der Waals surface area contributed by atoms with Crippen LogP contribution >= 0.6 is 0 Å². The maximum absolute atomic E-state index is 13.2. The predicted molar refractivity (Wildman–Crippen MR) is 136 cm³/mol. The molecule has 1 amide bonds. The van der Waals surface area contributed by atoms with E-state index in [2.05, 4.69) is 21.9 Å². The zero-order valence-corrected chi connectivity index (χ0v) is 18.8. The number of nitrogens with one attached hydrogen (secondary N) is 1. The Kier molecular flexibility index (Phi) is 5.40. The highest BCUT2D eigenvalue weighted by Crippen LogP contribution is 2.30. The maximum atomic E-state index is 13.2. The van der Waals surface area contributed by atoms with E-state index in [1.807, 2.05) is 49.4 Å². The normalized spacial score (nSPS) is 10.7. The lowest BCUT2D eigenvalue weighted by Crippen LogP contribution is -2.18. The van der Waals surface area contributed by atoms with Crippen molar-refractivity contribution in [2.75, 3.05) is 5.32 Å². The smallest absolute Gasteiger partial charge is 0.255 e. The van der Waals surface area contributed by atoms with Gasteiger partial charge in [0.05, 0.1) is 16.7 Å². The van der Waals surface area contributed by atoms with Gasteiger partial charge in [-0.3, -0.25) is 19.1 Å². The first kappa shape index (κ1) is 21.7. The molecule has 0 unspecified atom stereocenters. The third-order valence-electron chi connectivity index (χ3n) is 5.85. The number of amides is 1. The Hall–Kier alpha value is -5.09. The molecular formula is C28H19N5O2. The molecule has 2 aromatic carbocycles. The number of hydrogen-bond donors (Lipinski definition) is 1. The van der Waals surface area contributed by atoms with Crippen molar-refractivity contribution < 1.29 is 4.79 Å². The number of pyridine rings is 3. The van der Waals surface area contributed by atoms with E-state index in [4.69, 9.17) is 5.26 Å². The van der Waals surface area contributed by atoms with Gasteiger partial charge in [0.1, 0.15) is 11.8 Å². The average Bonchev–Trinajstić information content (AvgIpc) is 2.89. The molecule has 0 aliphatic carbocycles. The first-order valence-electron chi connectivity index (χ1n) is 10.8. The van der Waals surface area contributed by atoms with Gasteiger partial charge in [-0.2, -0.15) is 5.26 Å². The van der Waals surface area contributed by atoms with E-state index in [1.54, 1.807) is 35.2 Å². The number of aryl methyl sites for hydroxylation is 1. The van der Waals surface area contributed by atoms with Crippen LogP contribution in [0.25, 0.3) is 38.6 Å². The van der Waals surface area contributed by atoms with Crippen molar-refractivity contribution in [3.8, 4) is 22.9 Å². The zero-order chi connectivity index (χ0) is 24.5. The summed E-state index contributed by atoms with van der Waals surface area (Å²) in [6, 6.07) is 20.1. The Bertz CT molecular complexity index is 1740. The summed E-state index contributed by atoms with van der Waals surface area (Å²) in [6.07, 6.45) is 4.60. The average molecular weight is 457 g/mol. The molecule has 0 radical (unpaired) electrons. The molecule has 5 aromatic rings. The first-order chi connectivity index (χ1) is 17.0. The van der Waals surface area contributed by atoms with Crippen LogP contribution in [0.5, 0.6) is 0 Å². The standard InChI is InChI=1S/C28H19N5O2/c1-3-26(34)32-25-13-22(9-4-17(25)2)33-27(35)11-7-20-16-31-24-10-6-18(12-23(24)28(20)33)19-5-8-21(14-29)30-15-19/h3-13,15-16H,1H2,2H3,(H,32,34). The highest BCUT2D eigenvalue weighted by molar-refractivity contribution is 6.05. The van der Waals surface area contributed by atoms with E-state index in [0.717, 1.165) is 33.0 Å². The molecule has 0 bridgehead atoms. The summed E-state index contributed by atoms with van der Waals surface area (Å²) in [4.78, 5) is 33.8. The van der Waals surface area contributed by atoms with Crippen molar-refractivity contribution in [3.63, 3.8) is 0 Å². The molecule has 7 heteroatoms. The third kappa shape index (κ3) is 3.94. The van der Waals surface area contributed by atoms with Gasteiger partial charge in [0, 0.05) is 40.5 Å². The fourth-order valence-electron chi connectivity index (χ4n) is 4.05. The van der Waals surface area contributed by atoms with Crippen LogP contribution in [0.2, 0.25) is 0 Å². The van der Waals surface area contributed by atoms with Crippen molar-refractivity contribution >= 4 is 33.4 Å². The quantitative estimate of drug-likeness (QED) is 0.305. The van der Waals surface area contributed by atoms with Gasteiger partial charge in [-0.15, -0.1) is 0 Å². The molecule has 0 spiro atoms. The summed E-state index contributed by atoms with van der Waals surface area (Å²) < 4.78 is 1.63. The fourth-order valence-corrected chi connectivity index (χ4v) is 4.05. The molecule has 5 rings (SSSR count). The van der Waals surface area contributed by atoms with Crippen molar-refractivity contribution in [1.29, 1.82) is 5.26 Å². The van der Waals surface area contributed by atoms with Gasteiger partial charge in [0.15, 0.2) is 0 Å². The van der Waals surface area contributed by atoms with Gasteiger partial charge in [0.2, 0.25) is 5.91 Å². The summed E-state index contributed by atoms with van der Waals surface area (Å²) in [6.45, 7) is 5.39. The highest BCUT2D eigenvalue weighted by Gasteiger charge is 2.13. The predicted octanol–water partition coefficient (Wildman–Crippen LogP) is 4.91. The molecule has 7 nitrogen and oxygen atoms in total. The van der Waals surface area contributed by atoms with Gasteiger partial charge in [-0.1, -0.05) is 18.7 Å². The Morgan fingerprint density at radius 1 is 1.03 bits per heavy atom. The number of carbonyl (C=O) groups excluding carboxylic acids is 1. The summed E-state index contributed by atoms with van der Waals surface area (Å²) in [5.41, 5.74) is 5.37. The minimum atomic E-state index is -0.328. The van der Waals surface area contributed by atoms with Crippen LogP contribution in [0.4, 0.5) is 5.69 Å². The largest absolute Gasteiger partial charge is 0.322 e. The monoisotopic (exact) mass is 457 g/mol. The number of fused-ring (bicyclic) bond motifs is 3. The Morgan fingerprint density at radius 3 is 2.60 bits per heavy atom. The molecule has 3 heterocycles. The Morgan fingerprint density at radius 2 is 1.86 bits per heavy atom. The molecule has 35 heavy (non-hydrogen) atoms. The molecule has 0 saturated carbocycles. The molecule has 0 aliphatic rings. The van der Waals surface area contributed by atoms with E-state index < -0.39 is 0 Å². The fraction of sp³-hybridized carbons (Fsp3) is 0.0357. The van der Waals surface area contributed by atoms with E-state index in [0.29, 0.717) is 22.6 Å². The van der Waals surface area contributed by atoms with Gasteiger partial charge in [-0.05, 0) is 66.6 Å². The van der Waals surface area contributed by atoms with Gasteiger partial charge in [0.25, 0.3) is 5.56 Å². The Balaban J connectivity index is 1.78. The lowest BCUT2D eigenvalue weighted by atomic mass is 10.0. The molecule has 0 fully saturated rings. The van der Waals surface area contributed by atoms with Crippen LogP contribution in [0, 0.1) is 18.3 Å².